The van der Waals surface area contributed by atoms with Crippen LogP contribution in [-0.4, -0.2) is 120 Å². The number of piperazine rings is 1. The fourth-order valence-corrected chi connectivity index (χ4v) is 8.71. The summed E-state index contributed by atoms with van der Waals surface area (Å²) in [4.78, 5) is 28.9. The number of quaternary nitrogens is 1. The molecule has 0 radical (unpaired) electrons. The first-order valence-electron chi connectivity index (χ1n) is 20.7. The van der Waals surface area contributed by atoms with Crippen molar-refractivity contribution in [3.05, 3.63) is 36.0 Å². The molecule has 1 saturated carbocycles. The molecule has 0 unspecified atom stereocenters. The maximum absolute atomic E-state index is 13.8. The number of likely N-dealkylation sites (N-methyl/N-ethyl adjacent to an activating group) is 1. The van der Waals surface area contributed by atoms with E-state index in [1.165, 1.54) is 38.5 Å². The van der Waals surface area contributed by atoms with Gasteiger partial charge in [0.25, 0.3) is 0 Å². The molecule has 1 aliphatic carbocycles. The number of carbonyl (C=O) groups excluding carboxylic acids is 2. The van der Waals surface area contributed by atoms with E-state index in [-0.39, 0.29) is 48.4 Å². The molecule has 0 spiro atoms. The highest BCUT2D eigenvalue weighted by atomic mass is 16.6. The van der Waals surface area contributed by atoms with E-state index in [1.54, 1.807) is 20.1 Å². The number of aliphatic hydroxyl groups is 2. The van der Waals surface area contributed by atoms with Crippen LogP contribution >= 0.6 is 0 Å². The van der Waals surface area contributed by atoms with Crippen molar-refractivity contribution in [3.8, 4) is 0 Å². The summed E-state index contributed by atoms with van der Waals surface area (Å²) in [7, 11) is 4.04. The van der Waals surface area contributed by atoms with Gasteiger partial charge in [-0.15, -0.1) is 0 Å². The van der Waals surface area contributed by atoms with Crippen LogP contribution in [0.3, 0.4) is 0 Å². The Morgan fingerprint density at radius 1 is 1.15 bits per heavy atom. The molecule has 3 fully saturated rings. The van der Waals surface area contributed by atoms with E-state index in [9.17, 15) is 19.8 Å². The van der Waals surface area contributed by atoms with Crippen molar-refractivity contribution in [2.45, 2.75) is 167 Å². The van der Waals surface area contributed by atoms with E-state index >= 15 is 0 Å². The first-order valence-corrected chi connectivity index (χ1v) is 20.7. The number of epoxide rings is 1. The summed E-state index contributed by atoms with van der Waals surface area (Å²) in [5.41, 5.74) is -1.06. The van der Waals surface area contributed by atoms with Crippen LogP contribution in [0.1, 0.15) is 119 Å². The first-order chi connectivity index (χ1) is 25.0. The molecule has 10 nitrogen and oxygen atoms in total. The Balaban J connectivity index is 1.46. The normalized spacial score (nSPS) is 35.2. The van der Waals surface area contributed by atoms with Gasteiger partial charge in [0.05, 0.1) is 63.2 Å². The second-order valence-corrected chi connectivity index (χ2v) is 17.7. The van der Waals surface area contributed by atoms with Crippen LogP contribution < -0.4 is 0 Å². The standard InChI is InChI=1S/C43H73N2O8/c1-10-35(46)33(5)40-36(51-40)29-42(6,49)22-15-16-31(3)39-32(4)19-20-37(43(7,50-9)23-21-30(2)28-38(47)53-39)52-41(48)44-24-26-45(8,27-25-44)34-17-13-11-12-14-18-34/h15-16,19-20,22,30,32-37,39-40,46,49H,10-14,17-18,21,23-29H2,1-9H3/q+1/b20-19+,22-15+,31-16+/t30-,32+,33-,35+,36-,37+,39-,40-,42+,43-/m1/s1. The van der Waals surface area contributed by atoms with Crippen LogP contribution in [-0.2, 0) is 23.7 Å². The molecule has 0 aromatic rings. The zero-order chi connectivity index (χ0) is 39.0. The number of allylic oxidation sites excluding steroid dienone is 2. The molecule has 302 valence electrons. The summed E-state index contributed by atoms with van der Waals surface area (Å²) >= 11 is 0. The van der Waals surface area contributed by atoms with Crippen LogP contribution in [0.2, 0.25) is 0 Å². The molecule has 0 aromatic carbocycles. The zero-order valence-corrected chi connectivity index (χ0v) is 34.4. The van der Waals surface area contributed by atoms with Crippen LogP contribution in [0.5, 0.6) is 0 Å². The van der Waals surface area contributed by atoms with Gasteiger partial charge in [-0.1, -0.05) is 64.8 Å². The molecule has 0 aromatic heterocycles. The van der Waals surface area contributed by atoms with Gasteiger partial charge >= 0.3 is 12.1 Å². The molecule has 1 amide bonds. The number of cyclic esters (lactones) is 1. The number of methoxy groups -OCH3 is 1. The van der Waals surface area contributed by atoms with Crippen molar-refractivity contribution in [2.75, 3.05) is 40.3 Å². The van der Waals surface area contributed by atoms with E-state index in [2.05, 4.69) is 7.05 Å². The monoisotopic (exact) mass is 746 g/mol. The third-order valence-corrected chi connectivity index (χ3v) is 13.0. The molecule has 10 atom stereocenters. The Bertz CT molecular complexity index is 1280. The fourth-order valence-electron chi connectivity index (χ4n) is 8.71. The minimum absolute atomic E-state index is 0.0147. The number of amides is 1. The number of esters is 1. The molecule has 2 saturated heterocycles. The van der Waals surface area contributed by atoms with Crippen molar-refractivity contribution >= 4 is 12.1 Å². The first kappa shape index (κ1) is 43.5. The third-order valence-electron chi connectivity index (χ3n) is 13.0. The minimum Gasteiger partial charge on any atom is -0.457 e. The van der Waals surface area contributed by atoms with Gasteiger partial charge < -0.3 is 33.6 Å². The van der Waals surface area contributed by atoms with Crippen molar-refractivity contribution in [1.82, 2.24) is 4.90 Å². The Hall–Kier alpha value is -2.24. The second kappa shape index (κ2) is 19.1. The summed E-state index contributed by atoms with van der Waals surface area (Å²) in [5, 5.41) is 21.3. The number of hydrogen-bond donors (Lipinski definition) is 2. The molecule has 3 heterocycles. The van der Waals surface area contributed by atoms with Gasteiger partial charge in [-0.25, -0.2) is 4.79 Å². The summed E-state index contributed by atoms with van der Waals surface area (Å²) in [6.07, 6.45) is 17.8. The van der Waals surface area contributed by atoms with Gasteiger partial charge in [0.15, 0.2) is 6.10 Å². The van der Waals surface area contributed by atoms with Crippen LogP contribution in [0, 0.1) is 17.8 Å². The van der Waals surface area contributed by atoms with Gasteiger partial charge in [-0.05, 0) is 83.3 Å². The average molecular weight is 746 g/mol. The lowest BCUT2D eigenvalue weighted by atomic mass is 9.86. The quantitative estimate of drug-likeness (QED) is 0.0574. The van der Waals surface area contributed by atoms with E-state index < -0.39 is 29.5 Å². The van der Waals surface area contributed by atoms with Crippen molar-refractivity contribution < 1.29 is 43.2 Å². The van der Waals surface area contributed by atoms with Gasteiger partial charge in [-0.2, -0.15) is 0 Å². The molecule has 2 N–H and O–H groups in total. The lowest BCUT2D eigenvalue weighted by molar-refractivity contribution is -0.937. The van der Waals surface area contributed by atoms with E-state index in [1.807, 2.05) is 70.7 Å². The van der Waals surface area contributed by atoms with E-state index in [0.29, 0.717) is 44.8 Å². The molecule has 0 bridgehead atoms. The number of hydrogen-bond acceptors (Lipinski definition) is 8. The number of aliphatic hydroxyl groups excluding tert-OH is 1. The lowest BCUT2D eigenvalue weighted by Crippen LogP contribution is -2.62. The smallest absolute Gasteiger partial charge is 0.410 e. The number of carbonyl (C=O) groups is 2. The Morgan fingerprint density at radius 2 is 1.81 bits per heavy atom. The maximum Gasteiger partial charge on any atom is 0.410 e. The van der Waals surface area contributed by atoms with Crippen LogP contribution in [0.25, 0.3) is 0 Å². The van der Waals surface area contributed by atoms with Crippen molar-refractivity contribution in [1.29, 1.82) is 0 Å². The third kappa shape index (κ3) is 12.1. The molecule has 3 aliphatic heterocycles. The molecular weight excluding hydrogens is 672 g/mol. The topological polar surface area (TPSA) is 118 Å². The van der Waals surface area contributed by atoms with Crippen molar-refractivity contribution in [3.63, 3.8) is 0 Å². The predicted octanol–water partition coefficient (Wildman–Crippen LogP) is 7.12. The summed E-state index contributed by atoms with van der Waals surface area (Å²) in [5.74, 6) is -0.432. The number of ether oxygens (including phenoxy) is 4. The van der Waals surface area contributed by atoms with Gasteiger partial charge in [-0.3, -0.25) is 9.69 Å². The molecular formula is C43H73N2O8+. The van der Waals surface area contributed by atoms with Gasteiger partial charge in [0.2, 0.25) is 0 Å². The average Bonchev–Trinajstić information content (AvgIpc) is 3.93. The summed E-state index contributed by atoms with van der Waals surface area (Å²) in [6, 6.07) is 0.675. The highest BCUT2D eigenvalue weighted by molar-refractivity contribution is 5.70. The molecule has 53 heavy (non-hydrogen) atoms. The lowest BCUT2D eigenvalue weighted by Gasteiger charge is -2.47. The van der Waals surface area contributed by atoms with E-state index in [0.717, 1.165) is 23.1 Å². The molecule has 4 rings (SSSR count). The highest BCUT2D eigenvalue weighted by Crippen LogP contribution is 2.38. The molecule has 4 aliphatic rings. The Morgan fingerprint density at radius 3 is 2.43 bits per heavy atom. The number of nitrogens with zero attached hydrogens (tertiary/aromatic N) is 2. The zero-order valence-electron chi connectivity index (χ0n) is 34.4. The fraction of sp³-hybridized carbons (Fsp3) is 0.814. The maximum atomic E-state index is 13.8. The second-order valence-electron chi connectivity index (χ2n) is 17.7. The SMILES string of the molecule is CC[C@H](O)[C@@H](C)[C@H]1O[C@@H]1C[C@@](C)(O)/C=C/C=C(\C)[C@H]1OC(=O)C[C@H](C)CC[C@@](C)(OC)[C@@H](OC(=O)N2CC[N+](C)(C3CCCCCC3)CC2)/C=C/[C@@H]1C. The van der Waals surface area contributed by atoms with Crippen molar-refractivity contribution in [2.24, 2.45) is 17.8 Å². The summed E-state index contributed by atoms with van der Waals surface area (Å²) in [6.45, 7) is 16.9. The summed E-state index contributed by atoms with van der Waals surface area (Å²) < 4.78 is 25.4. The minimum atomic E-state index is -1.11. The van der Waals surface area contributed by atoms with Gasteiger partial charge in [0, 0.05) is 31.8 Å². The Kier molecular flexibility index (Phi) is 15.6. The highest BCUT2D eigenvalue weighted by Gasteiger charge is 2.47. The van der Waals surface area contributed by atoms with Gasteiger partial charge in [0.1, 0.15) is 11.7 Å². The molecule has 10 heteroatoms. The van der Waals surface area contributed by atoms with Crippen LogP contribution in [0.4, 0.5) is 4.79 Å². The van der Waals surface area contributed by atoms with Crippen LogP contribution in [0.15, 0.2) is 36.0 Å². The predicted molar refractivity (Wildman–Crippen MR) is 208 cm³/mol. The Labute approximate surface area is 320 Å². The van der Waals surface area contributed by atoms with E-state index in [4.69, 9.17) is 18.9 Å². The largest absolute Gasteiger partial charge is 0.457 e. The number of rotatable bonds is 11.